The molecule has 0 aliphatic heterocycles. The summed E-state index contributed by atoms with van der Waals surface area (Å²) < 4.78 is 0. The third kappa shape index (κ3) is 4.79. The number of aromatic nitrogens is 1. The lowest BCUT2D eigenvalue weighted by Crippen LogP contribution is -2.16. The van der Waals surface area contributed by atoms with Gasteiger partial charge in [0.2, 0.25) is 0 Å². The summed E-state index contributed by atoms with van der Waals surface area (Å²) in [7, 11) is 0. The number of hydrogen-bond donors (Lipinski definition) is 4. The topological polar surface area (TPSA) is 148 Å². The van der Waals surface area contributed by atoms with E-state index in [1.165, 1.54) is 6.20 Å². The lowest BCUT2D eigenvalue weighted by Gasteiger charge is -2.05. The average molecular weight is 464 g/mol. The van der Waals surface area contributed by atoms with Crippen LogP contribution in [0.4, 0.5) is 32.2 Å². The number of rotatable bonds is 7. The van der Waals surface area contributed by atoms with E-state index in [9.17, 15) is 9.59 Å². The summed E-state index contributed by atoms with van der Waals surface area (Å²) in [6, 6.07) is 18.4. The molecule has 0 spiro atoms. The maximum atomic E-state index is 12.8. The summed E-state index contributed by atoms with van der Waals surface area (Å²) in [5.41, 5.74) is 13.1. The Morgan fingerprint density at radius 3 is 2.31 bits per heavy atom. The molecule has 2 aromatic heterocycles. The number of nitrogens with zero attached hydrogens (tertiary/aromatic N) is 3. The Hall–Kier alpha value is -4.09. The molecule has 0 aliphatic rings. The van der Waals surface area contributed by atoms with Crippen LogP contribution in [0.3, 0.4) is 0 Å². The third-order valence-electron chi connectivity index (χ3n) is 4.16. The second kappa shape index (κ2) is 9.37. The summed E-state index contributed by atoms with van der Waals surface area (Å²) in [6.07, 6.45) is 1.50. The molecule has 160 valence electrons. The van der Waals surface area contributed by atoms with Crippen LogP contribution in [-0.4, -0.2) is 16.8 Å². The Morgan fingerprint density at radius 1 is 0.938 bits per heavy atom. The number of carbonyl (C=O) groups excluding carboxylic acids is 2. The first kappa shape index (κ1) is 21.2. The standard InChI is InChI=1S/C21H17N7O2S2/c22-16-15(18(23)29)20(25-12-7-3-1-4-8-12)32-17(16)19(30)26-21-24-11-14(31-21)28-27-13-9-5-2-6-10-13/h1-11,25H,22H2,(H2,23,29)(H,24,26,30). The molecule has 11 heteroatoms. The van der Waals surface area contributed by atoms with Crippen LogP contribution in [0.1, 0.15) is 20.0 Å². The fourth-order valence-electron chi connectivity index (χ4n) is 2.72. The largest absolute Gasteiger partial charge is 0.397 e. The van der Waals surface area contributed by atoms with E-state index in [2.05, 4.69) is 25.8 Å². The smallest absolute Gasteiger partial charge is 0.269 e. The van der Waals surface area contributed by atoms with Crippen molar-refractivity contribution < 1.29 is 9.59 Å². The number of nitrogens with one attached hydrogen (secondary N) is 2. The lowest BCUT2D eigenvalue weighted by molar-refractivity contribution is 0.100. The molecule has 0 radical (unpaired) electrons. The van der Waals surface area contributed by atoms with Crippen molar-refractivity contribution in [3.8, 4) is 0 Å². The maximum Gasteiger partial charge on any atom is 0.269 e. The van der Waals surface area contributed by atoms with Crippen LogP contribution in [-0.2, 0) is 0 Å². The predicted octanol–water partition coefficient (Wildman–Crippen LogP) is 5.30. The number of nitrogens with two attached hydrogens (primary N) is 2. The van der Waals surface area contributed by atoms with Crippen molar-refractivity contribution in [1.29, 1.82) is 0 Å². The van der Waals surface area contributed by atoms with Crippen LogP contribution in [0.5, 0.6) is 0 Å². The zero-order valence-electron chi connectivity index (χ0n) is 16.5. The number of thiophene rings is 1. The summed E-state index contributed by atoms with van der Waals surface area (Å²) >= 11 is 2.19. The first-order chi connectivity index (χ1) is 15.5. The van der Waals surface area contributed by atoms with Crippen LogP contribution in [0.15, 0.2) is 77.1 Å². The van der Waals surface area contributed by atoms with E-state index < -0.39 is 11.8 Å². The second-order valence-electron chi connectivity index (χ2n) is 6.40. The minimum absolute atomic E-state index is 0.0129. The molecule has 0 fully saturated rings. The predicted molar refractivity (Wildman–Crippen MR) is 128 cm³/mol. The summed E-state index contributed by atoms with van der Waals surface area (Å²) in [5, 5.41) is 15.2. The Balaban J connectivity index is 1.52. The number of carbonyl (C=O) groups is 2. The molecule has 2 heterocycles. The van der Waals surface area contributed by atoms with E-state index in [4.69, 9.17) is 11.5 Å². The molecule has 32 heavy (non-hydrogen) atoms. The molecule has 4 rings (SSSR count). The Morgan fingerprint density at radius 2 is 1.62 bits per heavy atom. The molecule has 4 aromatic rings. The van der Waals surface area contributed by atoms with Gasteiger partial charge in [-0.25, -0.2) is 4.98 Å². The lowest BCUT2D eigenvalue weighted by atomic mass is 10.2. The van der Waals surface area contributed by atoms with Gasteiger partial charge in [0.25, 0.3) is 11.8 Å². The van der Waals surface area contributed by atoms with Gasteiger partial charge in [-0.15, -0.1) is 21.6 Å². The normalized spacial score (nSPS) is 10.9. The second-order valence-corrected chi connectivity index (χ2v) is 8.43. The summed E-state index contributed by atoms with van der Waals surface area (Å²) in [4.78, 5) is 29.1. The number of azo groups is 1. The molecular weight excluding hydrogens is 446 g/mol. The van der Waals surface area contributed by atoms with Crippen LogP contribution >= 0.6 is 22.7 Å². The van der Waals surface area contributed by atoms with Gasteiger partial charge < -0.3 is 16.8 Å². The molecule has 0 atom stereocenters. The van der Waals surface area contributed by atoms with Crippen molar-refractivity contribution >= 4 is 66.7 Å². The van der Waals surface area contributed by atoms with E-state index in [0.717, 1.165) is 28.4 Å². The quantitative estimate of drug-likeness (QED) is 0.275. The SMILES string of the molecule is NC(=O)c1c(Nc2ccccc2)sc(C(=O)Nc2ncc(N=Nc3ccccc3)s2)c1N. The fourth-order valence-corrected chi connectivity index (χ4v) is 4.40. The average Bonchev–Trinajstić information content (AvgIpc) is 3.37. The first-order valence-electron chi connectivity index (χ1n) is 9.29. The number of primary amides is 1. The van der Waals surface area contributed by atoms with Gasteiger partial charge in [0, 0.05) is 5.69 Å². The van der Waals surface area contributed by atoms with Crippen molar-refractivity contribution in [1.82, 2.24) is 4.98 Å². The van der Waals surface area contributed by atoms with Crippen LogP contribution in [0.25, 0.3) is 0 Å². The minimum atomic E-state index is -0.728. The Labute approximate surface area is 190 Å². The molecule has 0 bridgehead atoms. The highest BCUT2D eigenvalue weighted by Gasteiger charge is 2.25. The van der Waals surface area contributed by atoms with Gasteiger partial charge in [-0.05, 0) is 24.3 Å². The molecule has 0 saturated heterocycles. The highest BCUT2D eigenvalue weighted by molar-refractivity contribution is 7.20. The highest BCUT2D eigenvalue weighted by Crippen LogP contribution is 2.38. The van der Waals surface area contributed by atoms with E-state index in [0.29, 0.717) is 20.8 Å². The van der Waals surface area contributed by atoms with E-state index in [-0.39, 0.29) is 16.1 Å². The van der Waals surface area contributed by atoms with Crippen LogP contribution in [0.2, 0.25) is 0 Å². The molecular formula is C21H17N7O2S2. The van der Waals surface area contributed by atoms with Crippen molar-refractivity contribution in [3.05, 3.63) is 77.3 Å². The Bertz CT molecular complexity index is 1280. The fraction of sp³-hybridized carbons (Fsp3) is 0. The number of nitrogen functional groups attached to an aromatic ring is 1. The minimum Gasteiger partial charge on any atom is -0.397 e. The number of amides is 2. The molecule has 0 saturated carbocycles. The van der Waals surface area contributed by atoms with Gasteiger partial charge in [-0.3, -0.25) is 14.9 Å². The number of para-hydroxylation sites is 1. The third-order valence-corrected chi connectivity index (χ3v) is 6.08. The number of benzene rings is 2. The molecule has 0 unspecified atom stereocenters. The van der Waals surface area contributed by atoms with E-state index in [1.807, 2.05) is 60.7 Å². The zero-order valence-corrected chi connectivity index (χ0v) is 18.1. The molecule has 2 aromatic carbocycles. The van der Waals surface area contributed by atoms with E-state index in [1.54, 1.807) is 0 Å². The van der Waals surface area contributed by atoms with Crippen molar-refractivity contribution in [2.24, 2.45) is 16.0 Å². The molecule has 6 N–H and O–H groups in total. The van der Waals surface area contributed by atoms with Crippen molar-refractivity contribution in [2.45, 2.75) is 0 Å². The molecule has 2 amide bonds. The Kier molecular flexibility index (Phi) is 6.19. The van der Waals surface area contributed by atoms with Gasteiger partial charge in [0.05, 0.1) is 23.1 Å². The highest BCUT2D eigenvalue weighted by atomic mass is 32.1. The van der Waals surface area contributed by atoms with Gasteiger partial charge in [0.15, 0.2) is 10.1 Å². The number of thiazole rings is 1. The molecule has 9 nitrogen and oxygen atoms in total. The monoisotopic (exact) mass is 463 g/mol. The first-order valence-corrected chi connectivity index (χ1v) is 10.9. The summed E-state index contributed by atoms with van der Waals surface area (Å²) in [5.74, 6) is -1.23. The van der Waals surface area contributed by atoms with Crippen molar-refractivity contribution in [3.63, 3.8) is 0 Å². The van der Waals surface area contributed by atoms with Crippen molar-refractivity contribution in [2.75, 3.05) is 16.4 Å². The van der Waals surface area contributed by atoms with Gasteiger partial charge >= 0.3 is 0 Å². The van der Waals surface area contributed by atoms with Crippen LogP contribution < -0.4 is 22.1 Å². The van der Waals surface area contributed by atoms with Gasteiger partial charge in [-0.2, -0.15) is 0 Å². The van der Waals surface area contributed by atoms with Gasteiger partial charge in [0.1, 0.15) is 9.88 Å². The maximum absolute atomic E-state index is 12.8. The van der Waals surface area contributed by atoms with E-state index >= 15 is 0 Å². The number of hydrogen-bond acceptors (Lipinski definition) is 9. The van der Waals surface area contributed by atoms with Crippen LogP contribution in [0, 0.1) is 0 Å². The molecule has 0 aliphatic carbocycles. The number of anilines is 4. The summed E-state index contributed by atoms with van der Waals surface area (Å²) in [6.45, 7) is 0. The van der Waals surface area contributed by atoms with Gasteiger partial charge in [-0.1, -0.05) is 47.7 Å². The zero-order chi connectivity index (χ0) is 22.5.